The first kappa shape index (κ1) is 27.4. The lowest BCUT2D eigenvalue weighted by Gasteiger charge is -2.17. The zero-order valence-electron chi connectivity index (χ0n) is 21.7. The number of rotatable bonds is 5. The number of halogens is 1. The van der Waals surface area contributed by atoms with Crippen molar-refractivity contribution in [3.63, 3.8) is 0 Å². The number of nitrogens with one attached hydrogen (secondary N) is 2. The van der Waals surface area contributed by atoms with E-state index in [1.54, 1.807) is 6.07 Å². The number of fused-ring (bicyclic) bond motifs is 3. The number of aryl methyl sites for hydroxylation is 2. The van der Waals surface area contributed by atoms with E-state index in [4.69, 9.17) is 15.3 Å². The molecule has 1 aliphatic rings. The van der Waals surface area contributed by atoms with Crippen LogP contribution in [0.2, 0.25) is 0 Å². The van der Waals surface area contributed by atoms with Crippen LogP contribution in [0.3, 0.4) is 0 Å². The van der Waals surface area contributed by atoms with Crippen molar-refractivity contribution in [2.45, 2.75) is 38.1 Å². The van der Waals surface area contributed by atoms with E-state index >= 15 is 0 Å². The van der Waals surface area contributed by atoms with Gasteiger partial charge in [-0.1, -0.05) is 43.3 Å². The summed E-state index contributed by atoms with van der Waals surface area (Å²) in [7, 11) is 0. The molecule has 7 nitrogen and oxygen atoms in total. The van der Waals surface area contributed by atoms with Crippen LogP contribution in [-0.4, -0.2) is 29.2 Å². The topological polar surface area (TPSA) is 109 Å². The average Bonchev–Trinajstić information content (AvgIpc) is 3.35. The Kier molecular flexibility index (Phi) is 9.17. The summed E-state index contributed by atoms with van der Waals surface area (Å²) < 4.78 is 21.5. The summed E-state index contributed by atoms with van der Waals surface area (Å²) in [4.78, 5) is 9.88. The highest BCUT2D eigenvalue weighted by molar-refractivity contribution is 7.98. The summed E-state index contributed by atoms with van der Waals surface area (Å²) in [6, 6.07) is 17.8. The first-order valence-corrected chi connectivity index (χ1v) is 13.2. The number of hydrogen-bond acceptors (Lipinski definition) is 8. The van der Waals surface area contributed by atoms with Crippen LogP contribution in [0.25, 0.3) is 16.8 Å². The van der Waals surface area contributed by atoms with Crippen LogP contribution in [-0.2, 0) is 6.54 Å². The molecule has 2 bridgehead atoms. The third kappa shape index (κ3) is 6.80. The summed E-state index contributed by atoms with van der Waals surface area (Å²) in [5.41, 5.74) is 13.3. The smallest absolute Gasteiger partial charge is 0.204 e. The van der Waals surface area contributed by atoms with E-state index in [1.165, 1.54) is 41.0 Å². The highest BCUT2D eigenvalue weighted by Crippen LogP contribution is 2.30. The van der Waals surface area contributed by atoms with Crippen LogP contribution in [0, 0.1) is 19.7 Å². The minimum absolute atomic E-state index is 0.0234. The molecule has 38 heavy (non-hydrogen) atoms. The molecule has 0 aliphatic carbocycles. The van der Waals surface area contributed by atoms with Gasteiger partial charge in [0.25, 0.3) is 0 Å². The van der Waals surface area contributed by atoms with E-state index in [0.29, 0.717) is 35.8 Å². The van der Waals surface area contributed by atoms with Gasteiger partial charge >= 0.3 is 0 Å². The van der Waals surface area contributed by atoms with Crippen LogP contribution in [0.15, 0.2) is 81.2 Å². The number of furan rings is 1. The lowest BCUT2D eigenvalue weighted by atomic mass is 9.95. The third-order valence-corrected chi connectivity index (χ3v) is 6.89. The fraction of sp³-hybridized carbons (Fsp3) is 0.241. The van der Waals surface area contributed by atoms with Crippen molar-refractivity contribution < 1.29 is 13.9 Å². The minimum Gasteiger partial charge on any atom is -0.463 e. The lowest BCUT2D eigenvalue weighted by Crippen LogP contribution is -2.26. The molecule has 1 unspecified atom stereocenters. The van der Waals surface area contributed by atoms with Crippen LogP contribution in [0.1, 0.15) is 40.8 Å². The molecule has 4 aromatic rings. The Bertz CT molecular complexity index is 1450. The molecule has 2 aromatic carbocycles. The molecule has 3 heterocycles. The van der Waals surface area contributed by atoms with Crippen molar-refractivity contribution in [3.8, 4) is 0 Å². The first-order chi connectivity index (χ1) is 18.4. The number of aromatic nitrogens is 1. The zero-order valence-corrected chi connectivity index (χ0v) is 22.5. The maximum Gasteiger partial charge on any atom is 0.204 e. The van der Waals surface area contributed by atoms with Gasteiger partial charge < -0.3 is 20.6 Å². The predicted molar refractivity (Wildman–Crippen MR) is 152 cm³/mol. The molecule has 0 spiro atoms. The molecular weight excluding hydrogens is 501 g/mol. The second-order valence-electron chi connectivity index (χ2n) is 9.00. The highest BCUT2D eigenvalue weighted by atomic mass is 32.2. The number of nitrogens with two attached hydrogens (primary N) is 1. The number of aliphatic hydroxyl groups is 1. The predicted octanol–water partition coefficient (Wildman–Crippen LogP) is 5.42. The molecule has 5 rings (SSSR count). The molecule has 0 fully saturated rings. The van der Waals surface area contributed by atoms with E-state index in [0.717, 1.165) is 16.2 Å². The Morgan fingerprint density at radius 1 is 1.13 bits per heavy atom. The van der Waals surface area contributed by atoms with Crippen molar-refractivity contribution in [1.82, 2.24) is 15.0 Å². The van der Waals surface area contributed by atoms with Gasteiger partial charge in [-0.25, -0.2) is 14.4 Å². The van der Waals surface area contributed by atoms with Crippen molar-refractivity contribution in [3.05, 3.63) is 101 Å². The maximum absolute atomic E-state index is 13.4. The van der Waals surface area contributed by atoms with E-state index in [9.17, 15) is 4.39 Å². The van der Waals surface area contributed by atoms with Gasteiger partial charge in [-0.05, 0) is 54.6 Å². The van der Waals surface area contributed by atoms with Crippen molar-refractivity contribution in [2.24, 2.45) is 10.7 Å². The van der Waals surface area contributed by atoms with Gasteiger partial charge in [0, 0.05) is 41.6 Å². The van der Waals surface area contributed by atoms with Crippen LogP contribution in [0.4, 0.5) is 4.39 Å². The molecular formula is C29H32FN5O2S. The fourth-order valence-electron chi connectivity index (χ4n) is 4.17. The van der Waals surface area contributed by atoms with Gasteiger partial charge in [-0.3, -0.25) is 4.72 Å². The Morgan fingerprint density at radius 2 is 1.89 bits per heavy atom. The Morgan fingerprint density at radius 3 is 2.66 bits per heavy atom. The number of nitrogens with zero attached hydrogens (tertiary/aromatic N) is 2. The Hall–Kier alpha value is -3.66. The molecule has 1 aliphatic heterocycles. The summed E-state index contributed by atoms with van der Waals surface area (Å²) >= 11 is 1.49. The Balaban J connectivity index is 0.000000194. The number of aliphatic hydroxyl groups excluding tert-OH is 1. The second kappa shape index (κ2) is 12.7. The highest BCUT2D eigenvalue weighted by Gasteiger charge is 2.14. The summed E-state index contributed by atoms with van der Waals surface area (Å²) in [5.74, 6) is 0.283. The summed E-state index contributed by atoms with van der Waals surface area (Å²) in [6.45, 7) is 7.16. The number of benzene rings is 2. The number of aliphatic imine (C=N–C) groups is 1. The van der Waals surface area contributed by atoms with Gasteiger partial charge in [0.2, 0.25) is 5.96 Å². The van der Waals surface area contributed by atoms with Gasteiger partial charge in [0.1, 0.15) is 11.3 Å². The number of allylic oxidation sites excluding steroid dienone is 1. The van der Waals surface area contributed by atoms with Crippen LogP contribution in [0.5, 0.6) is 0 Å². The molecule has 198 valence electrons. The number of hydrogen-bond donors (Lipinski definition) is 4. The largest absolute Gasteiger partial charge is 0.463 e. The van der Waals surface area contributed by atoms with Crippen molar-refractivity contribution in [1.29, 1.82) is 0 Å². The lowest BCUT2D eigenvalue weighted by molar-refractivity contribution is 0.291. The quantitative estimate of drug-likeness (QED) is 0.200. The van der Waals surface area contributed by atoms with E-state index in [-0.39, 0.29) is 12.5 Å². The standard InChI is InChI=1S/C19H21N3S.C10H11FN2O2/c1-12-6-4-7-13(2)18(12)17-10-14(3)15-8-5-9-16(11-15)23-22-19(20)21-17;11-7-5-10-8(1-4-15-10)13-9(7)6-12-2-3-14/h4-11,14H,1-3H3,(H3,20,21,22);1,4-5,12,14H,2-3,6H2/b17-10-;. The minimum atomic E-state index is -0.400. The van der Waals surface area contributed by atoms with Gasteiger partial charge in [0.05, 0.1) is 24.3 Å². The first-order valence-electron chi connectivity index (χ1n) is 12.3. The van der Waals surface area contributed by atoms with Gasteiger partial charge in [-0.15, -0.1) is 0 Å². The summed E-state index contributed by atoms with van der Waals surface area (Å²) in [5, 5.41) is 11.4. The van der Waals surface area contributed by atoms with Crippen molar-refractivity contribution >= 4 is 34.7 Å². The zero-order chi connectivity index (χ0) is 27.1. The van der Waals surface area contributed by atoms with Gasteiger partial charge in [0.15, 0.2) is 5.58 Å². The van der Waals surface area contributed by atoms with E-state index in [1.807, 2.05) is 0 Å². The molecule has 1 atom stereocenters. The molecule has 0 amide bonds. The van der Waals surface area contributed by atoms with Crippen molar-refractivity contribution in [2.75, 3.05) is 13.2 Å². The molecule has 0 radical (unpaired) electrons. The van der Waals surface area contributed by atoms with Crippen LogP contribution >= 0.6 is 11.9 Å². The number of pyridine rings is 1. The number of guanidine groups is 1. The molecule has 5 N–H and O–H groups in total. The average molecular weight is 534 g/mol. The fourth-order valence-corrected chi connectivity index (χ4v) is 4.78. The van der Waals surface area contributed by atoms with Gasteiger partial charge in [-0.2, -0.15) is 0 Å². The normalized spacial score (nSPS) is 16.5. The molecule has 9 heteroatoms. The second-order valence-corrected chi connectivity index (χ2v) is 9.88. The van der Waals surface area contributed by atoms with E-state index in [2.05, 4.69) is 89.3 Å². The summed E-state index contributed by atoms with van der Waals surface area (Å²) in [6.07, 6.45) is 3.67. The monoisotopic (exact) mass is 533 g/mol. The molecule has 0 saturated carbocycles. The molecule has 2 aromatic heterocycles. The molecule has 0 saturated heterocycles. The van der Waals surface area contributed by atoms with Crippen LogP contribution < -0.4 is 15.8 Å². The third-order valence-electron chi connectivity index (χ3n) is 6.09. The van der Waals surface area contributed by atoms with E-state index < -0.39 is 5.82 Å². The maximum atomic E-state index is 13.4. The Labute approximate surface area is 226 Å². The SMILES string of the molecule is Cc1cccc(C)c1/C1=C/C(C)c2cccc(c2)SNC(N)=N1.OCCNCc1nc2ccoc2cc1F.